The molecular weight excluding hydrogens is 328 g/mol. The SMILES string of the molecule is O=C(NC1CCC(C(=O)O)CC1)c1ccc(N2CCCC2)c(Cl)c1. The maximum Gasteiger partial charge on any atom is 0.306 e. The van der Waals surface area contributed by atoms with Crippen LogP contribution >= 0.6 is 11.6 Å². The summed E-state index contributed by atoms with van der Waals surface area (Å²) in [5.74, 6) is -1.14. The molecule has 1 aromatic carbocycles. The molecule has 130 valence electrons. The highest BCUT2D eigenvalue weighted by Crippen LogP contribution is 2.30. The van der Waals surface area contributed by atoms with Gasteiger partial charge in [-0.2, -0.15) is 0 Å². The van der Waals surface area contributed by atoms with Crippen LogP contribution in [0.25, 0.3) is 0 Å². The van der Waals surface area contributed by atoms with E-state index in [4.69, 9.17) is 16.7 Å². The van der Waals surface area contributed by atoms with Gasteiger partial charge in [0.25, 0.3) is 5.91 Å². The van der Waals surface area contributed by atoms with Crippen molar-refractivity contribution in [1.82, 2.24) is 5.32 Å². The van der Waals surface area contributed by atoms with E-state index in [-0.39, 0.29) is 17.9 Å². The Morgan fingerprint density at radius 2 is 1.79 bits per heavy atom. The normalized spacial score (nSPS) is 24.0. The molecule has 1 heterocycles. The van der Waals surface area contributed by atoms with Crippen LogP contribution in [0.4, 0.5) is 5.69 Å². The van der Waals surface area contributed by atoms with Crippen molar-refractivity contribution >= 4 is 29.2 Å². The molecule has 0 bridgehead atoms. The molecule has 0 atom stereocenters. The maximum absolute atomic E-state index is 12.4. The van der Waals surface area contributed by atoms with Gasteiger partial charge in [-0.15, -0.1) is 0 Å². The number of carboxylic acids is 1. The fraction of sp³-hybridized carbons (Fsp3) is 0.556. The van der Waals surface area contributed by atoms with Crippen molar-refractivity contribution in [2.45, 2.75) is 44.6 Å². The topological polar surface area (TPSA) is 69.6 Å². The Bertz CT molecular complexity index is 621. The lowest BCUT2D eigenvalue weighted by Gasteiger charge is -2.27. The Kier molecular flexibility index (Phi) is 5.29. The number of carbonyl (C=O) groups excluding carboxylic acids is 1. The number of amides is 1. The van der Waals surface area contributed by atoms with Gasteiger partial charge < -0.3 is 15.3 Å². The van der Waals surface area contributed by atoms with Crippen molar-refractivity contribution in [3.8, 4) is 0 Å². The third-order valence-electron chi connectivity index (χ3n) is 5.07. The molecule has 1 aliphatic carbocycles. The van der Waals surface area contributed by atoms with Crippen molar-refractivity contribution < 1.29 is 14.7 Å². The van der Waals surface area contributed by atoms with Crippen molar-refractivity contribution in [1.29, 1.82) is 0 Å². The highest BCUT2D eigenvalue weighted by atomic mass is 35.5. The van der Waals surface area contributed by atoms with Gasteiger partial charge in [-0.3, -0.25) is 9.59 Å². The zero-order valence-corrected chi connectivity index (χ0v) is 14.4. The van der Waals surface area contributed by atoms with E-state index >= 15 is 0 Å². The summed E-state index contributed by atoms with van der Waals surface area (Å²) in [5.41, 5.74) is 1.55. The van der Waals surface area contributed by atoms with E-state index in [1.54, 1.807) is 6.07 Å². The molecule has 2 fully saturated rings. The van der Waals surface area contributed by atoms with Crippen LogP contribution in [0.1, 0.15) is 48.9 Å². The van der Waals surface area contributed by atoms with E-state index in [9.17, 15) is 9.59 Å². The van der Waals surface area contributed by atoms with Crippen LogP contribution in [-0.2, 0) is 4.79 Å². The van der Waals surface area contributed by atoms with Crippen LogP contribution in [0.3, 0.4) is 0 Å². The first-order valence-electron chi connectivity index (χ1n) is 8.63. The summed E-state index contributed by atoms with van der Waals surface area (Å²) in [5, 5.41) is 12.6. The van der Waals surface area contributed by atoms with E-state index in [0.717, 1.165) is 18.8 Å². The van der Waals surface area contributed by atoms with E-state index in [2.05, 4.69) is 10.2 Å². The van der Waals surface area contributed by atoms with E-state index < -0.39 is 5.97 Å². The van der Waals surface area contributed by atoms with Crippen molar-refractivity contribution in [3.05, 3.63) is 28.8 Å². The lowest BCUT2D eigenvalue weighted by Crippen LogP contribution is -2.38. The van der Waals surface area contributed by atoms with Crippen molar-refractivity contribution in [3.63, 3.8) is 0 Å². The van der Waals surface area contributed by atoms with Gasteiger partial charge in [0.15, 0.2) is 0 Å². The van der Waals surface area contributed by atoms with Crippen LogP contribution in [0.2, 0.25) is 5.02 Å². The molecule has 1 aromatic rings. The summed E-state index contributed by atoms with van der Waals surface area (Å²) in [4.78, 5) is 25.6. The number of halogens is 1. The Labute approximate surface area is 147 Å². The zero-order valence-electron chi connectivity index (χ0n) is 13.6. The summed E-state index contributed by atoms with van der Waals surface area (Å²) < 4.78 is 0. The molecule has 0 radical (unpaired) electrons. The zero-order chi connectivity index (χ0) is 17.1. The second-order valence-electron chi connectivity index (χ2n) is 6.72. The van der Waals surface area contributed by atoms with E-state index in [1.807, 2.05) is 12.1 Å². The van der Waals surface area contributed by atoms with Gasteiger partial charge in [0.2, 0.25) is 0 Å². The lowest BCUT2D eigenvalue weighted by molar-refractivity contribution is -0.142. The van der Waals surface area contributed by atoms with E-state index in [0.29, 0.717) is 36.3 Å². The summed E-state index contributed by atoms with van der Waals surface area (Å²) in [6.45, 7) is 2.02. The molecule has 1 saturated carbocycles. The molecule has 2 N–H and O–H groups in total. The fourth-order valence-electron chi connectivity index (χ4n) is 3.62. The maximum atomic E-state index is 12.4. The Morgan fingerprint density at radius 3 is 2.38 bits per heavy atom. The molecule has 0 unspecified atom stereocenters. The number of anilines is 1. The molecule has 24 heavy (non-hydrogen) atoms. The summed E-state index contributed by atoms with van der Waals surface area (Å²) >= 11 is 6.36. The quantitative estimate of drug-likeness (QED) is 0.874. The minimum Gasteiger partial charge on any atom is -0.481 e. The minimum absolute atomic E-state index is 0.0464. The number of nitrogens with one attached hydrogen (secondary N) is 1. The number of rotatable bonds is 4. The monoisotopic (exact) mass is 350 g/mol. The number of carbonyl (C=O) groups is 2. The molecule has 1 saturated heterocycles. The third-order valence-corrected chi connectivity index (χ3v) is 5.37. The first-order chi connectivity index (χ1) is 11.5. The Hall–Kier alpha value is -1.75. The Balaban J connectivity index is 1.59. The number of hydrogen-bond acceptors (Lipinski definition) is 3. The molecule has 2 aliphatic rings. The van der Waals surface area contributed by atoms with Crippen LogP contribution in [0.5, 0.6) is 0 Å². The molecule has 1 aliphatic heterocycles. The molecule has 0 spiro atoms. The van der Waals surface area contributed by atoms with Gasteiger partial charge in [-0.1, -0.05) is 11.6 Å². The van der Waals surface area contributed by atoms with E-state index in [1.165, 1.54) is 12.8 Å². The number of benzene rings is 1. The molecule has 3 rings (SSSR count). The number of hydrogen-bond donors (Lipinski definition) is 2. The molecular formula is C18H23ClN2O3. The smallest absolute Gasteiger partial charge is 0.306 e. The van der Waals surface area contributed by atoms with Crippen LogP contribution in [-0.4, -0.2) is 36.1 Å². The lowest BCUT2D eigenvalue weighted by atomic mass is 9.86. The molecule has 0 aromatic heterocycles. The van der Waals surface area contributed by atoms with Gasteiger partial charge in [0.05, 0.1) is 16.6 Å². The molecule has 1 amide bonds. The molecule has 5 nitrogen and oxygen atoms in total. The van der Waals surface area contributed by atoms with Gasteiger partial charge in [0, 0.05) is 24.7 Å². The highest BCUT2D eigenvalue weighted by Gasteiger charge is 2.27. The predicted octanol–water partition coefficient (Wildman–Crippen LogP) is 3.31. The van der Waals surface area contributed by atoms with Crippen molar-refractivity contribution in [2.75, 3.05) is 18.0 Å². The number of nitrogens with zero attached hydrogens (tertiary/aromatic N) is 1. The average Bonchev–Trinajstić information content (AvgIpc) is 3.09. The van der Waals surface area contributed by atoms with Gasteiger partial charge in [0.1, 0.15) is 0 Å². The van der Waals surface area contributed by atoms with Gasteiger partial charge in [-0.25, -0.2) is 0 Å². The highest BCUT2D eigenvalue weighted by molar-refractivity contribution is 6.33. The van der Waals surface area contributed by atoms with Crippen LogP contribution < -0.4 is 10.2 Å². The van der Waals surface area contributed by atoms with Crippen molar-refractivity contribution in [2.24, 2.45) is 5.92 Å². The number of carboxylic acid groups (broad SMARTS) is 1. The van der Waals surface area contributed by atoms with Gasteiger partial charge >= 0.3 is 5.97 Å². The fourth-order valence-corrected chi connectivity index (χ4v) is 3.92. The first kappa shape index (κ1) is 17.1. The first-order valence-corrected chi connectivity index (χ1v) is 9.00. The van der Waals surface area contributed by atoms with Crippen LogP contribution in [0.15, 0.2) is 18.2 Å². The largest absolute Gasteiger partial charge is 0.481 e. The third kappa shape index (κ3) is 3.83. The number of aliphatic carboxylic acids is 1. The Morgan fingerprint density at radius 1 is 1.12 bits per heavy atom. The standard InChI is InChI=1S/C18H23ClN2O3/c19-15-11-13(5-8-16(15)21-9-1-2-10-21)17(22)20-14-6-3-12(4-7-14)18(23)24/h5,8,11-12,14H,1-4,6-7,9-10H2,(H,20,22)(H,23,24). The summed E-state index contributed by atoms with van der Waals surface area (Å²) in [6.07, 6.45) is 5.02. The average molecular weight is 351 g/mol. The molecule has 6 heteroatoms. The van der Waals surface area contributed by atoms with Gasteiger partial charge in [-0.05, 0) is 56.7 Å². The second-order valence-corrected chi connectivity index (χ2v) is 7.13. The summed E-state index contributed by atoms with van der Waals surface area (Å²) in [7, 11) is 0. The second kappa shape index (κ2) is 7.43. The minimum atomic E-state index is -0.732. The van der Waals surface area contributed by atoms with Crippen LogP contribution in [0, 0.1) is 5.92 Å². The summed E-state index contributed by atoms with van der Waals surface area (Å²) in [6, 6.07) is 5.51. The predicted molar refractivity (Wildman–Crippen MR) is 93.7 cm³/mol.